The van der Waals surface area contributed by atoms with Gasteiger partial charge in [0.25, 0.3) is 0 Å². The van der Waals surface area contributed by atoms with Crippen molar-refractivity contribution in [2.24, 2.45) is 5.73 Å². The highest BCUT2D eigenvalue weighted by Gasteiger charge is 2.26. The van der Waals surface area contributed by atoms with E-state index < -0.39 is 5.54 Å². The molecule has 1 atom stereocenters. The molecule has 4 nitrogen and oxygen atoms in total. The lowest BCUT2D eigenvalue weighted by Gasteiger charge is -2.28. The maximum atomic E-state index is 10.9. The zero-order valence-electron chi connectivity index (χ0n) is 8.45. The predicted molar refractivity (Wildman–Crippen MR) is 54.5 cm³/mol. The summed E-state index contributed by atoms with van der Waals surface area (Å²) in [6.07, 6.45) is 3.67. The summed E-state index contributed by atoms with van der Waals surface area (Å²) in [6.45, 7) is 1.94. The molecule has 1 amide bonds. The average molecular weight is 193 g/mol. The van der Waals surface area contributed by atoms with Crippen LogP contribution in [-0.2, 0) is 10.3 Å². The Morgan fingerprint density at radius 3 is 2.57 bits per heavy atom. The highest BCUT2D eigenvalue weighted by molar-refractivity contribution is 5.75. The fraction of sp³-hybridized carbons (Fsp3) is 0.400. The first-order chi connectivity index (χ1) is 6.58. The molecule has 3 N–H and O–H groups in total. The quantitative estimate of drug-likeness (QED) is 0.727. The molecular weight excluding hydrogens is 178 g/mol. The van der Waals surface area contributed by atoms with Crippen molar-refractivity contribution in [3.05, 3.63) is 30.1 Å². The van der Waals surface area contributed by atoms with Crippen LogP contribution in [0.15, 0.2) is 24.5 Å². The highest BCUT2D eigenvalue weighted by atomic mass is 16.1. The van der Waals surface area contributed by atoms with Crippen LogP contribution in [0.1, 0.15) is 18.9 Å². The van der Waals surface area contributed by atoms with Crippen molar-refractivity contribution < 1.29 is 4.79 Å². The molecule has 0 saturated heterocycles. The molecule has 76 valence electrons. The van der Waals surface area contributed by atoms with E-state index in [1.165, 1.54) is 0 Å². The van der Waals surface area contributed by atoms with Gasteiger partial charge in [0.15, 0.2) is 0 Å². The summed E-state index contributed by atoms with van der Waals surface area (Å²) in [5.41, 5.74) is 5.80. The minimum atomic E-state index is -0.408. The molecule has 0 saturated carbocycles. The SMILES string of the molecule is CNC(C)(CC(N)=O)c1ccncc1. The Kier molecular flexibility index (Phi) is 3.19. The van der Waals surface area contributed by atoms with Gasteiger partial charge in [0.05, 0.1) is 0 Å². The number of primary amides is 1. The van der Waals surface area contributed by atoms with E-state index in [0.717, 1.165) is 5.56 Å². The lowest BCUT2D eigenvalue weighted by Crippen LogP contribution is -2.40. The van der Waals surface area contributed by atoms with Crippen LogP contribution in [-0.4, -0.2) is 17.9 Å². The van der Waals surface area contributed by atoms with Crippen molar-refractivity contribution in [2.75, 3.05) is 7.05 Å². The van der Waals surface area contributed by atoms with E-state index >= 15 is 0 Å². The number of hydrogen-bond donors (Lipinski definition) is 2. The first kappa shape index (κ1) is 10.7. The summed E-state index contributed by atoms with van der Waals surface area (Å²) in [5, 5.41) is 3.10. The van der Waals surface area contributed by atoms with Crippen LogP contribution < -0.4 is 11.1 Å². The molecule has 0 spiro atoms. The molecule has 0 bridgehead atoms. The van der Waals surface area contributed by atoms with Crippen LogP contribution in [0, 0.1) is 0 Å². The third kappa shape index (κ3) is 2.29. The highest BCUT2D eigenvalue weighted by Crippen LogP contribution is 2.22. The largest absolute Gasteiger partial charge is 0.370 e. The van der Waals surface area contributed by atoms with E-state index in [-0.39, 0.29) is 12.3 Å². The Bertz CT molecular complexity index is 312. The normalized spacial score (nSPS) is 14.7. The monoisotopic (exact) mass is 193 g/mol. The van der Waals surface area contributed by atoms with Gasteiger partial charge in [-0.2, -0.15) is 0 Å². The summed E-state index contributed by atoms with van der Waals surface area (Å²) >= 11 is 0. The number of amides is 1. The van der Waals surface area contributed by atoms with Gasteiger partial charge in [0.2, 0.25) is 5.91 Å². The van der Waals surface area contributed by atoms with Crippen LogP contribution >= 0.6 is 0 Å². The van der Waals surface area contributed by atoms with Crippen molar-refractivity contribution >= 4 is 5.91 Å². The molecule has 0 aromatic carbocycles. The van der Waals surface area contributed by atoms with Gasteiger partial charge < -0.3 is 11.1 Å². The zero-order valence-corrected chi connectivity index (χ0v) is 8.45. The molecule has 1 heterocycles. The van der Waals surface area contributed by atoms with E-state index in [1.807, 2.05) is 26.1 Å². The van der Waals surface area contributed by atoms with Crippen LogP contribution in [0.25, 0.3) is 0 Å². The predicted octanol–water partition coefficient (Wildman–Crippen LogP) is 0.392. The van der Waals surface area contributed by atoms with E-state index in [2.05, 4.69) is 10.3 Å². The Morgan fingerprint density at radius 1 is 1.57 bits per heavy atom. The second kappa shape index (κ2) is 4.19. The standard InChI is InChI=1S/C10H15N3O/c1-10(12-2,7-9(11)14)8-3-5-13-6-4-8/h3-6,12H,7H2,1-2H3,(H2,11,14). The van der Waals surface area contributed by atoms with Crippen LogP contribution in [0.5, 0.6) is 0 Å². The van der Waals surface area contributed by atoms with Gasteiger partial charge in [0.1, 0.15) is 0 Å². The summed E-state index contributed by atoms with van der Waals surface area (Å²) in [7, 11) is 1.81. The number of carbonyl (C=O) groups excluding carboxylic acids is 1. The van der Waals surface area contributed by atoms with Gasteiger partial charge in [-0.1, -0.05) is 0 Å². The number of rotatable bonds is 4. The zero-order chi connectivity index (χ0) is 10.6. The van der Waals surface area contributed by atoms with Crippen molar-refractivity contribution in [1.82, 2.24) is 10.3 Å². The fourth-order valence-electron chi connectivity index (χ4n) is 1.40. The van der Waals surface area contributed by atoms with Crippen LogP contribution in [0.2, 0.25) is 0 Å². The average Bonchev–Trinajstić information content (AvgIpc) is 2.18. The van der Waals surface area contributed by atoms with E-state index in [1.54, 1.807) is 12.4 Å². The van der Waals surface area contributed by atoms with Gasteiger partial charge in [-0.3, -0.25) is 9.78 Å². The molecule has 0 fully saturated rings. The van der Waals surface area contributed by atoms with E-state index in [0.29, 0.717) is 0 Å². The summed E-state index contributed by atoms with van der Waals surface area (Å²) < 4.78 is 0. The Hall–Kier alpha value is -1.42. The molecule has 0 aliphatic heterocycles. The summed E-state index contributed by atoms with van der Waals surface area (Å²) in [5.74, 6) is -0.321. The van der Waals surface area contributed by atoms with Crippen molar-refractivity contribution in [2.45, 2.75) is 18.9 Å². The molecule has 4 heteroatoms. The number of nitrogens with one attached hydrogen (secondary N) is 1. The number of hydrogen-bond acceptors (Lipinski definition) is 3. The van der Waals surface area contributed by atoms with Gasteiger partial charge >= 0.3 is 0 Å². The molecule has 0 radical (unpaired) electrons. The van der Waals surface area contributed by atoms with E-state index in [9.17, 15) is 4.79 Å². The second-order valence-corrected chi connectivity index (χ2v) is 3.46. The van der Waals surface area contributed by atoms with Gasteiger partial charge in [-0.15, -0.1) is 0 Å². The number of pyridine rings is 1. The molecule has 1 aromatic rings. The van der Waals surface area contributed by atoms with Gasteiger partial charge in [-0.05, 0) is 31.7 Å². The number of nitrogens with zero attached hydrogens (tertiary/aromatic N) is 1. The number of aromatic nitrogens is 1. The van der Waals surface area contributed by atoms with Crippen molar-refractivity contribution in [3.63, 3.8) is 0 Å². The lowest BCUT2D eigenvalue weighted by atomic mass is 9.89. The fourth-order valence-corrected chi connectivity index (χ4v) is 1.40. The van der Waals surface area contributed by atoms with Crippen LogP contribution in [0.3, 0.4) is 0 Å². The molecule has 1 aromatic heterocycles. The Balaban J connectivity index is 2.95. The molecule has 0 aliphatic rings. The molecular formula is C10H15N3O. The second-order valence-electron chi connectivity index (χ2n) is 3.46. The van der Waals surface area contributed by atoms with Crippen molar-refractivity contribution in [1.29, 1.82) is 0 Å². The van der Waals surface area contributed by atoms with Crippen molar-refractivity contribution in [3.8, 4) is 0 Å². The Morgan fingerprint density at radius 2 is 2.14 bits per heavy atom. The molecule has 14 heavy (non-hydrogen) atoms. The first-order valence-corrected chi connectivity index (χ1v) is 4.46. The minimum Gasteiger partial charge on any atom is -0.370 e. The Labute approximate surface area is 83.5 Å². The summed E-state index contributed by atoms with van der Waals surface area (Å²) in [4.78, 5) is 14.8. The third-order valence-electron chi connectivity index (χ3n) is 2.40. The topological polar surface area (TPSA) is 68.0 Å². The molecule has 1 rings (SSSR count). The number of carbonyl (C=O) groups is 1. The lowest BCUT2D eigenvalue weighted by molar-refractivity contribution is -0.119. The minimum absolute atomic E-state index is 0.271. The smallest absolute Gasteiger partial charge is 0.219 e. The third-order valence-corrected chi connectivity index (χ3v) is 2.40. The van der Waals surface area contributed by atoms with Crippen LogP contribution in [0.4, 0.5) is 0 Å². The van der Waals surface area contributed by atoms with Gasteiger partial charge in [-0.25, -0.2) is 0 Å². The molecule has 0 aliphatic carbocycles. The molecule has 1 unspecified atom stereocenters. The maximum Gasteiger partial charge on any atom is 0.219 e. The maximum absolute atomic E-state index is 10.9. The first-order valence-electron chi connectivity index (χ1n) is 4.46. The number of nitrogens with two attached hydrogens (primary N) is 1. The summed E-state index contributed by atoms with van der Waals surface area (Å²) in [6, 6.07) is 3.75. The van der Waals surface area contributed by atoms with Gasteiger partial charge in [0, 0.05) is 24.4 Å². The van der Waals surface area contributed by atoms with E-state index in [4.69, 9.17) is 5.73 Å².